The average molecular weight is 348 g/mol. The van der Waals surface area contributed by atoms with Crippen LogP contribution in [0.5, 0.6) is 0 Å². The topological polar surface area (TPSA) is 74.2 Å². The summed E-state index contributed by atoms with van der Waals surface area (Å²) in [7, 11) is 0. The first-order valence-electron chi connectivity index (χ1n) is 8.55. The minimum atomic E-state index is -0.986. The normalized spacial score (nSPS) is 35.3. The molecule has 2 aliphatic rings. The molecule has 2 heterocycles. The van der Waals surface area contributed by atoms with Gasteiger partial charge in [-0.25, -0.2) is 4.79 Å². The molecule has 0 amide bonds. The van der Waals surface area contributed by atoms with E-state index in [1.807, 2.05) is 30.3 Å². The molecule has 3 rings (SSSR count). The van der Waals surface area contributed by atoms with E-state index >= 15 is 0 Å². The number of fused-ring (bicyclic) bond motifs is 1. The van der Waals surface area contributed by atoms with Gasteiger partial charge in [-0.05, 0) is 19.9 Å². The second-order valence-electron chi connectivity index (χ2n) is 6.43. The first kappa shape index (κ1) is 18.1. The monoisotopic (exact) mass is 348 g/mol. The van der Waals surface area contributed by atoms with Crippen molar-refractivity contribution in [2.24, 2.45) is 0 Å². The number of hydrogen-bond acceptors (Lipinski definition) is 6. The van der Waals surface area contributed by atoms with Gasteiger partial charge in [0.2, 0.25) is 0 Å². The Morgan fingerprint density at radius 2 is 2.12 bits per heavy atom. The molecule has 0 radical (unpaired) electrons. The number of carbonyl (C=O) groups is 1. The van der Waals surface area contributed by atoms with E-state index in [-0.39, 0.29) is 12.2 Å². The molecule has 2 aliphatic heterocycles. The van der Waals surface area contributed by atoms with Crippen molar-refractivity contribution in [1.82, 2.24) is 0 Å². The van der Waals surface area contributed by atoms with Crippen molar-refractivity contribution in [3.8, 4) is 0 Å². The molecular weight excluding hydrogens is 324 g/mol. The Morgan fingerprint density at radius 3 is 2.84 bits per heavy atom. The van der Waals surface area contributed by atoms with Gasteiger partial charge in [-0.2, -0.15) is 0 Å². The van der Waals surface area contributed by atoms with Crippen LogP contribution in [0.25, 0.3) is 0 Å². The maximum Gasteiger partial charge on any atom is 0.330 e. The number of ether oxygens (including phenoxy) is 4. The molecule has 25 heavy (non-hydrogen) atoms. The maximum atomic E-state index is 11.5. The molecule has 6 nitrogen and oxygen atoms in total. The van der Waals surface area contributed by atoms with E-state index < -0.39 is 24.0 Å². The summed E-state index contributed by atoms with van der Waals surface area (Å²) < 4.78 is 22.6. The highest BCUT2D eigenvalue weighted by molar-refractivity contribution is 5.82. The van der Waals surface area contributed by atoms with Crippen LogP contribution in [0.3, 0.4) is 0 Å². The van der Waals surface area contributed by atoms with Gasteiger partial charge in [0.15, 0.2) is 6.29 Å². The number of carbonyl (C=O) groups excluding carboxylic acids is 1. The summed E-state index contributed by atoms with van der Waals surface area (Å²) in [6.45, 7) is 4.15. The molecule has 0 aromatic heterocycles. The van der Waals surface area contributed by atoms with Crippen LogP contribution >= 0.6 is 0 Å². The minimum absolute atomic E-state index is 0.266. The lowest BCUT2D eigenvalue weighted by molar-refractivity contribution is -0.312. The third-order valence-corrected chi connectivity index (χ3v) is 4.56. The van der Waals surface area contributed by atoms with Gasteiger partial charge < -0.3 is 24.1 Å². The van der Waals surface area contributed by atoms with Crippen molar-refractivity contribution in [3.05, 3.63) is 48.0 Å². The third kappa shape index (κ3) is 4.10. The van der Waals surface area contributed by atoms with E-state index in [2.05, 4.69) is 0 Å². The zero-order chi connectivity index (χ0) is 17.9. The Morgan fingerprint density at radius 1 is 1.36 bits per heavy atom. The molecule has 1 N–H and O–H groups in total. The molecule has 0 saturated carbocycles. The summed E-state index contributed by atoms with van der Waals surface area (Å²) in [5, 5.41) is 10.5. The van der Waals surface area contributed by atoms with Crippen molar-refractivity contribution in [1.29, 1.82) is 0 Å². The van der Waals surface area contributed by atoms with Crippen molar-refractivity contribution in [2.75, 3.05) is 13.2 Å². The quantitative estimate of drug-likeness (QED) is 0.664. The van der Waals surface area contributed by atoms with Gasteiger partial charge in [-0.1, -0.05) is 30.3 Å². The molecule has 0 bridgehead atoms. The molecule has 6 heteroatoms. The van der Waals surface area contributed by atoms with Crippen LogP contribution in [-0.4, -0.2) is 48.2 Å². The molecule has 2 saturated heterocycles. The summed E-state index contributed by atoms with van der Waals surface area (Å²) >= 11 is 0. The molecule has 0 aliphatic carbocycles. The third-order valence-electron chi connectivity index (χ3n) is 4.56. The van der Waals surface area contributed by atoms with Gasteiger partial charge in [0.25, 0.3) is 0 Å². The number of rotatable bonds is 4. The van der Waals surface area contributed by atoms with Crippen molar-refractivity contribution in [2.45, 2.75) is 50.5 Å². The van der Waals surface area contributed by atoms with Crippen LogP contribution in [0.1, 0.15) is 32.1 Å². The van der Waals surface area contributed by atoms with Gasteiger partial charge in [-0.3, -0.25) is 0 Å². The second-order valence-corrected chi connectivity index (χ2v) is 6.43. The fourth-order valence-electron chi connectivity index (χ4n) is 3.11. The van der Waals surface area contributed by atoms with Gasteiger partial charge >= 0.3 is 5.97 Å². The smallest absolute Gasteiger partial charge is 0.330 e. The van der Waals surface area contributed by atoms with E-state index in [1.54, 1.807) is 19.9 Å². The van der Waals surface area contributed by atoms with Crippen LogP contribution in [-0.2, 0) is 23.7 Å². The van der Waals surface area contributed by atoms with Crippen molar-refractivity contribution in [3.63, 3.8) is 0 Å². The lowest BCUT2D eigenvalue weighted by atomic mass is 9.87. The number of esters is 1. The summed E-state index contributed by atoms with van der Waals surface area (Å²) in [5.41, 5.74) is -0.0498. The molecule has 136 valence electrons. The molecule has 1 aromatic carbocycles. The second kappa shape index (κ2) is 7.66. The van der Waals surface area contributed by atoms with E-state index in [4.69, 9.17) is 18.9 Å². The van der Waals surface area contributed by atoms with Crippen LogP contribution < -0.4 is 0 Å². The summed E-state index contributed by atoms with van der Waals surface area (Å²) in [4.78, 5) is 11.5. The Labute approximate surface area is 147 Å². The van der Waals surface area contributed by atoms with Gasteiger partial charge in [0.05, 0.1) is 25.4 Å². The largest absolute Gasteiger partial charge is 0.463 e. The van der Waals surface area contributed by atoms with Gasteiger partial charge in [0.1, 0.15) is 11.7 Å². The van der Waals surface area contributed by atoms with Crippen LogP contribution in [0.15, 0.2) is 42.5 Å². The number of aliphatic hydroxyl groups excluding tert-OH is 1. The zero-order valence-electron chi connectivity index (χ0n) is 14.5. The highest BCUT2D eigenvalue weighted by Gasteiger charge is 2.47. The molecular formula is C19H24O6. The predicted molar refractivity (Wildman–Crippen MR) is 89.7 cm³/mol. The lowest BCUT2D eigenvalue weighted by Gasteiger charge is -2.47. The molecule has 5 atom stereocenters. The molecule has 0 spiro atoms. The zero-order valence-corrected chi connectivity index (χ0v) is 14.5. The van der Waals surface area contributed by atoms with Gasteiger partial charge in [-0.15, -0.1) is 0 Å². The Balaban J connectivity index is 1.66. The first-order valence-corrected chi connectivity index (χ1v) is 8.55. The van der Waals surface area contributed by atoms with Crippen LogP contribution in [0, 0.1) is 0 Å². The fraction of sp³-hybridized carbons (Fsp3) is 0.526. The maximum absolute atomic E-state index is 11.5. The summed E-state index contributed by atoms with van der Waals surface area (Å²) in [6.07, 6.45) is 1.42. The number of benzene rings is 1. The highest BCUT2D eigenvalue weighted by atomic mass is 16.7. The Bertz CT molecular complexity index is 616. The predicted octanol–water partition coefficient (Wildman–Crippen LogP) is 2.13. The lowest BCUT2D eigenvalue weighted by Crippen LogP contribution is -2.57. The average Bonchev–Trinajstić information content (AvgIpc) is 2.62. The van der Waals surface area contributed by atoms with Crippen LogP contribution in [0.4, 0.5) is 0 Å². The minimum Gasteiger partial charge on any atom is -0.463 e. The molecule has 2 fully saturated rings. The van der Waals surface area contributed by atoms with E-state index in [9.17, 15) is 9.90 Å². The van der Waals surface area contributed by atoms with Crippen molar-refractivity contribution < 1.29 is 28.8 Å². The molecule has 1 aromatic rings. The Hall–Kier alpha value is -1.73. The standard InChI is InChI=1S/C19H24O6/c1-3-22-17(21)9-10-19(2)16(20)11-14-15(25-19)12-23-18(24-14)13-7-5-4-6-8-13/h4-10,14-16,18,20H,3,11-12H2,1-2H3/b10-9+/t14-,15+,16+,18+,19?/m0/s1. The number of aliphatic hydroxyl groups is 1. The first-order chi connectivity index (χ1) is 12.0. The van der Waals surface area contributed by atoms with E-state index in [1.165, 1.54) is 6.08 Å². The van der Waals surface area contributed by atoms with E-state index in [0.29, 0.717) is 19.6 Å². The number of hydrogen-bond donors (Lipinski definition) is 1. The van der Waals surface area contributed by atoms with E-state index in [0.717, 1.165) is 5.56 Å². The van der Waals surface area contributed by atoms with Crippen LogP contribution in [0.2, 0.25) is 0 Å². The highest BCUT2D eigenvalue weighted by Crippen LogP contribution is 2.38. The van der Waals surface area contributed by atoms with Crippen molar-refractivity contribution >= 4 is 5.97 Å². The summed E-state index contributed by atoms with van der Waals surface area (Å²) in [6, 6.07) is 9.67. The molecule has 1 unspecified atom stereocenters. The van der Waals surface area contributed by atoms with Gasteiger partial charge in [0, 0.05) is 18.1 Å². The SMILES string of the molecule is CCOC(=O)/C=C/C1(C)O[C@@H]2CO[C@@H](c3ccccc3)O[C@H]2C[C@H]1O. The fourth-order valence-corrected chi connectivity index (χ4v) is 3.11. The summed E-state index contributed by atoms with van der Waals surface area (Å²) in [5.74, 6) is -0.457. The Kier molecular flexibility index (Phi) is 5.54.